The van der Waals surface area contributed by atoms with E-state index in [1.807, 2.05) is 12.1 Å². The van der Waals surface area contributed by atoms with E-state index in [-0.39, 0.29) is 16.7 Å². The summed E-state index contributed by atoms with van der Waals surface area (Å²) in [5, 5.41) is 11.1. The third-order valence-electron chi connectivity index (χ3n) is 6.50. The summed E-state index contributed by atoms with van der Waals surface area (Å²) in [6, 6.07) is 13.1. The molecule has 0 aliphatic carbocycles. The first-order chi connectivity index (χ1) is 19.1. The maximum Gasteiger partial charge on any atom is 0.157 e. The third-order valence-corrected chi connectivity index (χ3v) is 6.50. The Balaban J connectivity index is 1.39. The molecule has 0 unspecified atom stereocenters. The predicted octanol–water partition coefficient (Wildman–Crippen LogP) is 7.87. The smallest absolute Gasteiger partial charge is 0.157 e. The third kappa shape index (κ3) is 4.93. The standard InChI is InChI=1S/C31H27F2N7/c1-17(14-31(2,3)4)36-22-11-20(15-34-16-22)19-12-23-27(24(33)13-19)39-40-28(23)30-37-25-9-10-35-26(29(25)38-30)18-5-7-21(32)8-6-18/h5-13,15-16,36H,1,14H2,2-4H3,(H,37,38)(H,39,40). The number of allylic oxidation sites excluding steroid dienone is 1. The summed E-state index contributed by atoms with van der Waals surface area (Å²) in [4.78, 5) is 16.9. The average molecular weight is 536 g/mol. The molecule has 0 bridgehead atoms. The zero-order valence-corrected chi connectivity index (χ0v) is 22.3. The zero-order valence-electron chi connectivity index (χ0n) is 22.3. The number of aromatic amines is 2. The molecule has 2 aromatic carbocycles. The van der Waals surface area contributed by atoms with E-state index in [0.29, 0.717) is 33.7 Å². The van der Waals surface area contributed by atoms with Gasteiger partial charge in [0, 0.05) is 34.6 Å². The van der Waals surface area contributed by atoms with Gasteiger partial charge < -0.3 is 10.3 Å². The van der Waals surface area contributed by atoms with Gasteiger partial charge in [-0.2, -0.15) is 5.10 Å². The Morgan fingerprint density at radius 2 is 1.75 bits per heavy atom. The fraction of sp³-hybridized carbons (Fsp3) is 0.161. The van der Waals surface area contributed by atoms with E-state index >= 15 is 4.39 Å². The second-order valence-electron chi connectivity index (χ2n) is 11.0. The van der Waals surface area contributed by atoms with E-state index in [4.69, 9.17) is 4.98 Å². The minimum Gasteiger partial charge on any atom is -0.358 e. The molecule has 0 atom stereocenters. The van der Waals surface area contributed by atoms with E-state index in [9.17, 15) is 4.39 Å². The van der Waals surface area contributed by atoms with Crippen LogP contribution in [0.2, 0.25) is 0 Å². The second kappa shape index (κ2) is 9.68. The number of nitrogens with one attached hydrogen (secondary N) is 3. The van der Waals surface area contributed by atoms with Crippen LogP contribution in [0.3, 0.4) is 0 Å². The molecule has 6 aromatic rings. The van der Waals surface area contributed by atoms with Crippen LogP contribution in [-0.4, -0.2) is 30.1 Å². The number of anilines is 1. The highest BCUT2D eigenvalue weighted by Gasteiger charge is 2.19. The van der Waals surface area contributed by atoms with Crippen molar-refractivity contribution in [2.45, 2.75) is 27.2 Å². The largest absolute Gasteiger partial charge is 0.358 e. The van der Waals surface area contributed by atoms with Gasteiger partial charge in [0.05, 0.1) is 23.1 Å². The van der Waals surface area contributed by atoms with Crippen LogP contribution in [0.4, 0.5) is 14.5 Å². The molecule has 0 aliphatic rings. The number of pyridine rings is 2. The first-order valence-electron chi connectivity index (χ1n) is 12.8. The van der Waals surface area contributed by atoms with Crippen molar-refractivity contribution < 1.29 is 8.78 Å². The molecule has 0 spiro atoms. The van der Waals surface area contributed by atoms with Gasteiger partial charge in [0.2, 0.25) is 0 Å². The Kier molecular flexibility index (Phi) is 6.14. The normalized spacial score (nSPS) is 11.8. The molecule has 0 saturated carbocycles. The molecule has 0 radical (unpaired) electrons. The summed E-state index contributed by atoms with van der Waals surface area (Å²) in [6.45, 7) is 10.6. The SMILES string of the molecule is C=C(CC(C)(C)C)Nc1cncc(-c2cc(F)c3n[nH]c(-c4nc5c(-c6ccc(F)cc6)nccc5[nH]4)c3c2)c1. The van der Waals surface area contributed by atoms with Crippen molar-refractivity contribution in [2.75, 3.05) is 5.32 Å². The van der Waals surface area contributed by atoms with E-state index in [1.54, 1.807) is 36.8 Å². The van der Waals surface area contributed by atoms with Crippen molar-refractivity contribution in [2.24, 2.45) is 5.41 Å². The summed E-state index contributed by atoms with van der Waals surface area (Å²) >= 11 is 0. The summed E-state index contributed by atoms with van der Waals surface area (Å²) < 4.78 is 28.8. The van der Waals surface area contributed by atoms with Crippen LogP contribution < -0.4 is 5.32 Å². The Bertz CT molecular complexity index is 1880. The van der Waals surface area contributed by atoms with Crippen molar-refractivity contribution in [3.8, 4) is 33.9 Å². The number of hydrogen-bond acceptors (Lipinski definition) is 5. The molecule has 3 N–H and O–H groups in total. The van der Waals surface area contributed by atoms with Crippen LogP contribution in [0.1, 0.15) is 27.2 Å². The Morgan fingerprint density at radius 3 is 2.52 bits per heavy atom. The number of imidazole rings is 1. The fourth-order valence-electron chi connectivity index (χ4n) is 4.85. The molecule has 200 valence electrons. The molecule has 4 aromatic heterocycles. The summed E-state index contributed by atoms with van der Waals surface area (Å²) in [5.74, 6) is -0.306. The van der Waals surface area contributed by atoms with E-state index in [1.165, 1.54) is 18.2 Å². The van der Waals surface area contributed by atoms with Crippen LogP contribution in [0.25, 0.3) is 55.8 Å². The molecule has 0 aliphatic heterocycles. The summed E-state index contributed by atoms with van der Waals surface area (Å²) in [6.07, 6.45) is 5.87. The maximum absolute atomic E-state index is 15.3. The van der Waals surface area contributed by atoms with Crippen LogP contribution in [0.5, 0.6) is 0 Å². The van der Waals surface area contributed by atoms with Crippen LogP contribution in [-0.2, 0) is 0 Å². The van der Waals surface area contributed by atoms with Crippen molar-refractivity contribution in [3.63, 3.8) is 0 Å². The lowest BCUT2D eigenvalue weighted by molar-refractivity contribution is 0.411. The fourth-order valence-corrected chi connectivity index (χ4v) is 4.85. The van der Waals surface area contributed by atoms with E-state index in [0.717, 1.165) is 34.4 Å². The first kappa shape index (κ1) is 25.4. The van der Waals surface area contributed by atoms with Gasteiger partial charge in [-0.1, -0.05) is 27.4 Å². The molecule has 6 rings (SSSR count). The second-order valence-corrected chi connectivity index (χ2v) is 11.0. The minimum absolute atomic E-state index is 0.0907. The molecule has 7 nitrogen and oxygen atoms in total. The molecular formula is C31H27F2N7. The highest BCUT2D eigenvalue weighted by Crippen LogP contribution is 2.34. The molecular weight excluding hydrogens is 508 g/mol. The van der Waals surface area contributed by atoms with Gasteiger partial charge in [-0.05, 0) is 65.9 Å². The van der Waals surface area contributed by atoms with E-state index < -0.39 is 5.82 Å². The summed E-state index contributed by atoms with van der Waals surface area (Å²) in [5.41, 5.74) is 6.58. The lowest BCUT2D eigenvalue weighted by Crippen LogP contribution is -2.10. The molecule has 9 heteroatoms. The van der Waals surface area contributed by atoms with Crippen molar-refractivity contribution >= 4 is 27.6 Å². The molecule has 40 heavy (non-hydrogen) atoms. The number of halogens is 2. The number of hydrogen-bond donors (Lipinski definition) is 3. The Labute approximate surface area is 229 Å². The number of fused-ring (bicyclic) bond motifs is 2. The average Bonchev–Trinajstić information content (AvgIpc) is 3.52. The van der Waals surface area contributed by atoms with Crippen molar-refractivity contribution in [1.29, 1.82) is 0 Å². The first-order valence-corrected chi connectivity index (χ1v) is 12.8. The number of rotatable bonds is 6. The van der Waals surface area contributed by atoms with Crippen LogP contribution >= 0.6 is 0 Å². The minimum atomic E-state index is -0.463. The van der Waals surface area contributed by atoms with E-state index in [2.05, 4.69) is 57.8 Å². The van der Waals surface area contributed by atoms with Gasteiger partial charge in [-0.3, -0.25) is 15.1 Å². The number of benzene rings is 2. The van der Waals surface area contributed by atoms with Gasteiger partial charge >= 0.3 is 0 Å². The van der Waals surface area contributed by atoms with Gasteiger partial charge in [0.1, 0.15) is 22.5 Å². The van der Waals surface area contributed by atoms with Crippen LogP contribution in [0, 0.1) is 17.0 Å². The highest BCUT2D eigenvalue weighted by atomic mass is 19.1. The Morgan fingerprint density at radius 1 is 0.950 bits per heavy atom. The topological polar surface area (TPSA) is 95.2 Å². The number of H-pyrrole nitrogens is 2. The lowest BCUT2D eigenvalue weighted by Gasteiger charge is -2.20. The summed E-state index contributed by atoms with van der Waals surface area (Å²) in [7, 11) is 0. The van der Waals surface area contributed by atoms with Crippen molar-refractivity contribution in [1.82, 2.24) is 30.1 Å². The quantitative estimate of drug-likeness (QED) is 0.202. The van der Waals surface area contributed by atoms with Gasteiger partial charge in [-0.15, -0.1) is 0 Å². The van der Waals surface area contributed by atoms with Crippen LogP contribution in [0.15, 0.2) is 79.4 Å². The maximum atomic E-state index is 15.3. The number of aromatic nitrogens is 6. The molecule has 0 fully saturated rings. The Hall–Kier alpha value is -4.92. The monoisotopic (exact) mass is 535 g/mol. The molecule has 0 saturated heterocycles. The van der Waals surface area contributed by atoms with Gasteiger partial charge in [0.25, 0.3) is 0 Å². The lowest BCUT2D eigenvalue weighted by atomic mass is 9.91. The predicted molar refractivity (Wildman–Crippen MR) is 154 cm³/mol. The molecule has 4 heterocycles. The number of nitrogens with zero attached hydrogens (tertiary/aromatic N) is 4. The van der Waals surface area contributed by atoms with Gasteiger partial charge in [-0.25, -0.2) is 13.8 Å². The van der Waals surface area contributed by atoms with Crippen molar-refractivity contribution in [3.05, 3.63) is 91.0 Å². The molecule has 0 amide bonds. The van der Waals surface area contributed by atoms with Gasteiger partial charge in [0.15, 0.2) is 11.6 Å². The zero-order chi connectivity index (χ0) is 28.0. The highest BCUT2D eigenvalue weighted by molar-refractivity contribution is 5.97.